The van der Waals surface area contributed by atoms with E-state index in [4.69, 9.17) is 9.47 Å². The first kappa shape index (κ1) is 16.3. The van der Waals surface area contributed by atoms with E-state index in [0.717, 1.165) is 5.56 Å². The van der Waals surface area contributed by atoms with Gasteiger partial charge in [-0.05, 0) is 12.1 Å². The molecule has 0 aliphatic carbocycles. The van der Waals surface area contributed by atoms with Crippen LogP contribution in [-0.4, -0.2) is 25.9 Å². The molecule has 0 aliphatic rings. The SMILES string of the molecule is COc1cccc(CNCC(O)c2ccccc2F)c1OC. The van der Waals surface area contributed by atoms with E-state index in [1.54, 1.807) is 32.4 Å². The molecule has 2 rings (SSSR count). The molecule has 0 amide bonds. The van der Waals surface area contributed by atoms with Crippen LogP contribution < -0.4 is 14.8 Å². The first-order valence-electron chi connectivity index (χ1n) is 7.00. The summed E-state index contributed by atoms with van der Waals surface area (Å²) in [5, 5.41) is 13.1. The molecule has 22 heavy (non-hydrogen) atoms. The molecule has 118 valence electrons. The largest absolute Gasteiger partial charge is 0.493 e. The predicted molar refractivity (Wildman–Crippen MR) is 82.6 cm³/mol. The molecule has 2 aromatic rings. The Kier molecular flexibility index (Phi) is 5.75. The molecule has 1 unspecified atom stereocenters. The van der Waals surface area contributed by atoms with Crippen LogP contribution in [-0.2, 0) is 6.54 Å². The summed E-state index contributed by atoms with van der Waals surface area (Å²) in [4.78, 5) is 0. The van der Waals surface area contributed by atoms with Gasteiger partial charge in [0.25, 0.3) is 0 Å². The first-order valence-corrected chi connectivity index (χ1v) is 7.00. The lowest BCUT2D eigenvalue weighted by Gasteiger charge is -2.15. The van der Waals surface area contributed by atoms with E-state index in [-0.39, 0.29) is 12.1 Å². The fraction of sp³-hybridized carbons (Fsp3) is 0.294. The van der Waals surface area contributed by atoms with Crippen LogP contribution in [0.5, 0.6) is 11.5 Å². The van der Waals surface area contributed by atoms with E-state index in [2.05, 4.69) is 5.32 Å². The van der Waals surface area contributed by atoms with Crippen molar-refractivity contribution in [3.05, 3.63) is 59.4 Å². The Labute approximate surface area is 129 Å². The third kappa shape index (κ3) is 3.75. The average Bonchev–Trinajstić information content (AvgIpc) is 2.54. The highest BCUT2D eigenvalue weighted by atomic mass is 19.1. The number of rotatable bonds is 7. The van der Waals surface area contributed by atoms with Gasteiger partial charge in [-0.15, -0.1) is 0 Å². The molecule has 0 aliphatic heterocycles. The molecule has 5 heteroatoms. The number of para-hydroxylation sites is 1. The van der Waals surface area contributed by atoms with Crippen LogP contribution in [0.25, 0.3) is 0 Å². The molecule has 2 aromatic carbocycles. The Balaban J connectivity index is 1.98. The van der Waals surface area contributed by atoms with Gasteiger partial charge in [0.2, 0.25) is 0 Å². The van der Waals surface area contributed by atoms with Crippen molar-refractivity contribution in [2.75, 3.05) is 20.8 Å². The number of hydrogen-bond acceptors (Lipinski definition) is 4. The summed E-state index contributed by atoms with van der Waals surface area (Å²) < 4.78 is 24.2. The molecule has 0 heterocycles. The molecular weight excluding hydrogens is 285 g/mol. The van der Waals surface area contributed by atoms with Crippen molar-refractivity contribution in [2.24, 2.45) is 0 Å². The lowest BCUT2D eigenvalue weighted by Crippen LogP contribution is -2.22. The number of aliphatic hydroxyl groups excluding tert-OH is 1. The van der Waals surface area contributed by atoms with E-state index in [9.17, 15) is 9.50 Å². The zero-order chi connectivity index (χ0) is 15.9. The molecule has 0 fully saturated rings. The molecule has 0 spiro atoms. The normalized spacial score (nSPS) is 12.0. The Bertz CT molecular complexity index is 619. The predicted octanol–water partition coefficient (Wildman–Crippen LogP) is 2.67. The Morgan fingerprint density at radius 1 is 1.09 bits per heavy atom. The van der Waals surface area contributed by atoms with Gasteiger partial charge < -0.3 is 19.9 Å². The summed E-state index contributed by atoms with van der Waals surface area (Å²) >= 11 is 0. The minimum atomic E-state index is -0.905. The minimum Gasteiger partial charge on any atom is -0.493 e. The second-order valence-corrected chi connectivity index (χ2v) is 4.82. The maximum atomic E-state index is 13.6. The Morgan fingerprint density at radius 3 is 2.55 bits per heavy atom. The van der Waals surface area contributed by atoms with E-state index >= 15 is 0 Å². The van der Waals surface area contributed by atoms with Crippen LogP contribution in [0.4, 0.5) is 4.39 Å². The highest BCUT2D eigenvalue weighted by Gasteiger charge is 2.13. The summed E-state index contributed by atoms with van der Waals surface area (Å²) in [5.41, 5.74) is 1.19. The minimum absolute atomic E-state index is 0.237. The van der Waals surface area contributed by atoms with Crippen molar-refractivity contribution >= 4 is 0 Å². The topological polar surface area (TPSA) is 50.7 Å². The van der Waals surface area contributed by atoms with Gasteiger partial charge in [0, 0.05) is 24.2 Å². The molecule has 4 nitrogen and oxygen atoms in total. The van der Waals surface area contributed by atoms with E-state index in [1.807, 2.05) is 18.2 Å². The number of benzene rings is 2. The number of halogens is 1. The highest BCUT2D eigenvalue weighted by Crippen LogP contribution is 2.30. The lowest BCUT2D eigenvalue weighted by atomic mass is 10.1. The highest BCUT2D eigenvalue weighted by molar-refractivity contribution is 5.46. The fourth-order valence-electron chi connectivity index (χ4n) is 2.29. The van der Waals surface area contributed by atoms with Gasteiger partial charge in [0.15, 0.2) is 11.5 Å². The lowest BCUT2D eigenvalue weighted by molar-refractivity contribution is 0.169. The number of ether oxygens (including phenoxy) is 2. The zero-order valence-corrected chi connectivity index (χ0v) is 12.7. The van der Waals surface area contributed by atoms with Crippen molar-refractivity contribution in [1.29, 1.82) is 0 Å². The molecule has 1 atom stereocenters. The number of aliphatic hydroxyl groups is 1. The van der Waals surface area contributed by atoms with Crippen molar-refractivity contribution in [3.8, 4) is 11.5 Å². The summed E-state index contributed by atoms with van der Waals surface area (Å²) in [7, 11) is 3.16. The van der Waals surface area contributed by atoms with Gasteiger partial charge in [-0.25, -0.2) is 4.39 Å². The van der Waals surface area contributed by atoms with Crippen molar-refractivity contribution in [1.82, 2.24) is 5.32 Å². The standard InChI is InChI=1S/C17H20FNO3/c1-21-16-9-5-6-12(17(16)22-2)10-19-11-15(20)13-7-3-4-8-14(13)18/h3-9,15,19-20H,10-11H2,1-2H3. The molecule has 0 aromatic heterocycles. The third-order valence-corrected chi connectivity index (χ3v) is 3.40. The van der Waals surface area contributed by atoms with Gasteiger partial charge in [-0.2, -0.15) is 0 Å². The van der Waals surface area contributed by atoms with Gasteiger partial charge in [-0.3, -0.25) is 0 Å². The van der Waals surface area contributed by atoms with Crippen LogP contribution in [0, 0.1) is 5.82 Å². The van der Waals surface area contributed by atoms with Gasteiger partial charge in [0.05, 0.1) is 20.3 Å². The van der Waals surface area contributed by atoms with Crippen LogP contribution in [0.1, 0.15) is 17.2 Å². The molecule has 0 saturated carbocycles. The fourth-order valence-corrected chi connectivity index (χ4v) is 2.29. The number of methoxy groups -OCH3 is 2. The van der Waals surface area contributed by atoms with Gasteiger partial charge >= 0.3 is 0 Å². The third-order valence-electron chi connectivity index (χ3n) is 3.40. The summed E-state index contributed by atoms with van der Waals surface area (Å²) in [6, 6.07) is 11.8. The van der Waals surface area contributed by atoms with E-state index < -0.39 is 11.9 Å². The molecular formula is C17H20FNO3. The molecule has 0 bridgehead atoms. The first-order chi connectivity index (χ1) is 10.7. The van der Waals surface area contributed by atoms with E-state index in [0.29, 0.717) is 18.0 Å². The Hall–Kier alpha value is -2.11. The van der Waals surface area contributed by atoms with Crippen molar-refractivity contribution < 1.29 is 19.0 Å². The summed E-state index contributed by atoms with van der Waals surface area (Å²) in [6.07, 6.45) is -0.905. The second kappa shape index (κ2) is 7.77. The number of nitrogens with one attached hydrogen (secondary N) is 1. The second-order valence-electron chi connectivity index (χ2n) is 4.82. The molecule has 2 N–H and O–H groups in total. The van der Waals surface area contributed by atoms with Crippen LogP contribution in [0.15, 0.2) is 42.5 Å². The van der Waals surface area contributed by atoms with Gasteiger partial charge in [-0.1, -0.05) is 30.3 Å². The molecule has 0 saturated heterocycles. The monoisotopic (exact) mass is 305 g/mol. The van der Waals surface area contributed by atoms with Crippen LogP contribution in [0.3, 0.4) is 0 Å². The maximum Gasteiger partial charge on any atom is 0.165 e. The van der Waals surface area contributed by atoms with Crippen molar-refractivity contribution in [3.63, 3.8) is 0 Å². The van der Waals surface area contributed by atoms with E-state index in [1.165, 1.54) is 6.07 Å². The van der Waals surface area contributed by atoms with Crippen molar-refractivity contribution in [2.45, 2.75) is 12.6 Å². The van der Waals surface area contributed by atoms with Crippen LogP contribution in [0.2, 0.25) is 0 Å². The summed E-state index contributed by atoms with van der Waals surface area (Å²) in [6.45, 7) is 0.715. The van der Waals surface area contributed by atoms with Crippen LogP contribution >= 0.6 is 0 Å². The maximum absolute atomic E-state index is 13.6. The zero-order valence-electron chi connectivity index (χ0n) is 12.7. The average molecular weight is 305 g/mol. The van der Waals surface area contributed by atoms with Gasteiger partial charge in [0.1, 0.15) is 5.82 Å². The molecule has 0 radical (unpaired) electrons. The smallest absolute Gasteiger partial charge is 0.165 e. The quantitative estimate of drug-likeness (QED) is 0.826. The Morgan fingerprint density at radius 2 is 1.86 bits per heavy atom. The number of hydrogen-bond donors (Lipinski definition) is 2. The summed E-state index contributed by atoms with van der Waals surface area (Å²) in [5.74, 6) is 0.894.